The average Bonchev–Trinajstić information content (AvgIpc) is 3.03. The molecule has 1 fully saturated rings. The molecule has 102 valence electrons. The normalized spacial score (nSPS) is 16.8. The van der Waals surface area contributed by atoms with Crippen LogP contribution in [0.2, 0.25) is 0 Å². The Morgan fingerprint density at radius 1 is 1.50 bits per heavy atom. The highest BCUT2D eigenvalue weighted by molar-refractivity contribution is 7.13. The van der Waals surface area contributed by atoms with Crippen LogP contribution in [-0.4, -0.2) is 24.6 Å². The summed E-state index contributed by atoms with van der Waals surface area (Å²) in [6, 6.07) is 0.365. The molecule has 4 heteroatoms. The van der Waals surface area contributed by atoms with E-state index in [1.807, 2.05) is 0 Å². The molecule has 1 aromatic heterocycles. The lowest BCUT2D eigenvalue weighted by molar-refractivity contribution is 0.585. The zero-order valence-electron chi connectivity index (χ0n) is 11.8. The highest BCUT2D eigenvalue weighted by atomic mass is 32.1. The summed E-state index contributed by atoms with van der Waals surface area (Å²) < 4.78 is 0. The Bertz CT molecular complexity index is 360. The summed E-state index contributed by atoms with van der Waals surface area (Å²) in [6.45, 7) is 9.91. The molecule has 0 aromatic carbocycles. The van der Waals surface area contributed by atoms with Crippen LogP contribution in [0.1, 0.15) is 51.8 Å². The van der Waals surface area contributed by atoms with Crippen molar-refractivity contribution in [1.29, 1.82) is 0 Å². The van der Waals surface area contributed by atoms with Crippen LogP contribution in [0.15, 0.2) is 5.38 Å². The van der Waals surface area contributed by atoms with Gasteiger partial charge in [-0.05, 0) is 38.6 Å². The molecule has 0 saturated heterocycles. The van der Waals surface area contributed by atoms with Crippen molar-refractivity contribution in [2.24, 2.45) is 5.92 Å². The maximum atomic E-state index is 4.81. The van der Waals surface area contributed by atoms with Crippen LogP contribution in [0, 0.1) is 5.92 Å². The predicted molar refractivity (Wildman–Crippen MR) is 79.4 cm³/mol. The van der Waals surface area contributed by atoms with E-state index in [-0.39, 0.29) is 0 Å². The minimum atomic E-state index is 0.365. The first-order valence-electron chi connectivity index (χ1n) is 7.18. The van der Waals surface area contributed by atoms with Crippen LogP contribution in [0.4, 0.5) is 5.13 Å². The Hall–Kier alpha value is -0.610. The Morgan fingerprint density at radius 3 is 2.89 bits per heavy atom. The maximum Gasteiger partial charge on any atom is 0.185 e. The molecular formula is C14H25N3S. The molecule has 0 amide bonds. The molecule has 1 aromatic rings. The van der Waals surface area contributed by atoms with E-state index in [1.54, 1.807) is 11.3 Å². The van der Waals surface area contributed by atoms with Crippen LogP contribution in [0.3, 0.4) is 0 Å². The molecular weight excluding hydrogens is 242 g/mol. The van der Waals surface area contributed by atoms with Crippen molar-refractivity contribution in [3.05, 3.63) is 11.1 Å². The van der Waals surface area contributed by atoms with E-state index >= 15 is 0 Å². The van der Waals surface area contributed by atoms with Gasteiger partial charge in [0.05, 0.1) is 5.69 Å². The summed E-state index contributed by atoms with van der Waals surface area (Å²) in [5.74, 6) is 0.926. The minimum Gasteiger partial charge on any atom is -0.348 e. The first kappa shape index (κ1) is 13.8. The number of aromatic nitrogens is 1. The van der Waals surface area contributed by atoms with E-state index in [0.29, 0.717) is 6.04 Å². The number of nitrogens with zero attached hydrogens (tertiary/aromatic N) is 2. The third-order valence-electron chi connectivity index (χ3n) is 3.40. The van der Waals surface area contributed by atoms with E-state index in [1.165, 1.54) is 36.6 Å². The molecule has 1 heterocycles. The van der Waals surface area contributed by atoms with E-state index in [4.69, 9.17) is 4.98 Å². The summed E-state index contributed by atoms with van der Waals surface area (Å²) in [4.78, 5) is 7.29. The lowest BCUT2D eigenvalue weighted by Crippen LogP contribution is -2.26. The molecule has 0 spiro atoms. The van der Waals surface area contributed by atoms with Gasteiger partial charge in [0.1, 0.15) is 0 Å². The van der Waals surface area contributed by atoms with Crippen molar-refractivity contribution in [2.75, 3.05) is 24.5 Å². The highest BCUT2D eigenvalue weighted by Crippen LogP contribution is 2.33. The zero-order chi connectivity index (χ0) is 13.0. The zero-order valence-corrected chi connectivity index (χ0v) is 12.6. The van der Waals surface area contributed by atoms with Crippen LogP contribution in [-0.2, 0) is 0 Å². The molecule has 0 radical (unpaired) electrons. The molecule has 1 unspecified atom stereocenters. The number of nitrogens with one attached hydrogen (secondary N) is 1. The van der Waals surface area contributed by atoms with Crippen LogP contribution in [0.5, 0.6) is 0 Å². The van der Waals surface area contributed by atoms with Crippen molar-refractivity contribution in [2.45, 2.75) is 46.1 Å². The van der Waals surface area contributed by atoms with Crippen molar-refractivity contribution in [3.8, 4) is 0 Å². The number of rotatable bonds is 8. The number of hydrogen-bond acceptors (Lipinski definition) is 4. The second-order valence-electron chi connectivity index (χ2n) is 5.22. The van der Waals surface area contributed by atoms with Gasteiger partial charge in [0.25, 0.3) is 0 Å². The van der Waals surface area contributed by atoms with Gasteiger partial charge in [0, 0.05) is 24.5 Å². The van der Waals surface area contributed by atoms with Gasteiger partial charge in [-0.25, -0.2) is 4.98 Å². The molecule has 18 heavy (non-hydrogen) atoms. The summed E-state index contributed by atoms with van der Waals surface area (Å²) in [6.07, 6.45) is 4.02. The molecule has 1 aliphatic carbocycles. The second kappa shape index (κ2) is 6.53. The van der Waals surface area contributed by atoms with Gasteiger partial charge >= 0.3 is 0 Å². The summed E-state index contributed by atoms with van der Waals surface area (Å²) >= 11 is 1.80. The minimum absolute atomic E-state index is 0.365. The average molecular weight is 267 g/mol. The molecule has 1 atom stereocenters. The Balaban J connectivity index is 2.00. The van der Waals surface area contributed by atoms with Gasteiger partial charge in [0.2, 0.25) is 0 Å². The number of hydrogen-bond donors (Lipinski definition) is 1. The van der Waals surface area contributed by atoms with Crippen molar-refractivity contribution in [1.82, 2.24) is 10.3 Å². The topological polar surface area (TPSA) is 28.2 Å². The largest absolute Gasteiger partial charge is 0.348 e. The molecule has 0 bridgehead atoms. The fourth-order valence-corrected chi connectivity index (χ4v) is 3.13. The molecule has 1 aliphatic rings. The predicted octanol–water partition coefficient (Wildman–Crippen LogP) is 3.44. The second-order valence-corrected chi connectivity index (χ2v) is 6.06. The van der Waals surface area contributed by atoms with E-state index in [2.05, 4.69) is 36.4 Å². The van der Waals surface area contributed by atoms with Crippen molar-refractivity contribution < 1.29 is 0 Å². The third-order valence-corrected chi connectivity index (χ3v) is 4.32. The fourth-order valence-electron chi connectivity index (χ4n) is 2.18. The maximum absolute atomic E-state index is 4.81. The Kier molecular flexibility index (Phi) is 5.01. The van der Waals surface area contributed by atoms with Crippen molar-refractivity contribution >= 4 is 16.5 Å². The first-order valence-corrected chi connectivity index (χ1v) is 8.06. The monoisotopic (exact) mass is 267 g/mol. The van der Waals surface area contributed by atoms with Gasteiger partial charge < -0.3 is 10.2 Å². The van der Waals surface area contributed by atoms with Crippen LogP contribution < -0.4 is 10.2 Å². The smallest absolute Gasteiger partial charge is 0.185 e. The van der Waals surface area contributed by atoms with Gasteiger partial charge in [0.15, 0.2) is 5.13 Å². The standard InChI is InChI=1S/C14H25N3S/c1-4-8-17(9-12-6-7-12)14-16-13(10-18-14)11(3)15-5-2/h10-12,15H,4-9H2,1-3H3. The van der Waals surface area contributed by atoms with Gasteiger partial charge in [-0.2, -0.15) is 0 Å². The molecule has 3 nitrogen and oxygen atoms in total. The SMILES string of the molecule is CCCN(CC1CC1)c1nc(C(C)NCC)cs1. The van der Waals surface area contributed by atoms with E-state index in [9.17, 15) is 0 Å². The van der Waals surface area contributed by atoms with Crippen molar-refractivity contribution in [3.63, 3.8) is 0 Å². The lowest BCUT2D eigenvalue weighted by Gasteiger charge is -2.21. The molecule has 1 N–H and O–H groups in total. The third kappa shape index (κ3) is 3.69. The van der Waals surface area contributed by atoms with Crippen LogP contribution >= 0.6 is 11.3 Å². The molecule has 2 rings (SSSR count). The van der Waals surface area contributed by atoms with Crippen LogP contribution in [0.25, 0.3) is 0 Å². The Labute approximate surface area is 115 Å². The molecule has 0 aliphatic heterocycles. The highest BCUT2D eigenvalue weighted by Gasteiger charge is 2.25. The summed E-state index contributed by atoms with van der Waals surface area (Å²) in [7, 11) is 0. The lowest BCUT2D eigenvalue weighted by atomic mass is 10.2. The first-order chi connectivity index (χ1) is 8.74. The van der Waals surface area contributed by atoms with E-state index < -0.39 is 0 Å². The van der Waals surface area contributed by atoms with Gasteiger partial charge in [-0.1, -0.05) is 13.8 Å². The Morgan fingerprint density at radius 2 is 2.28 bits per heavy atom. The number of anilines is 1. The molecule has 1 saturated carbocycles. The van der Waals surface area contributed by atoms with Gasteiger partial charge in [-0.3, -0.25) is 0 Å². The summed E-state index contributed by atoms with van der Waals surface area (Å²) in [5, 5.41) is 6.84. The number of thiazole rings is 1. The van der Waals surface area contributed by atoms with Gasteiger partial charge in [-0.15, -0.1) is 11.3 Å². The fraction of sp³-hybridized carbons (Fsp3) is 0.786. The van der Waals surface area contributed by atoms with E-state index in [0.717, 1.165) is 19.0 Å². The quantitative estimate of drug-likeness (QED) is 0.782. The summed E-state index contributed by atoms with van der Waals surface area (Å²) in [5.41, 5.74) is 1.19.